The molecule has 0 saturated carbocycles. The van der Waals surface area contributed by atoms with Crippen molar-refractivity contribution < 1.29 is 5.11 Å². The first kappa shape index (κ1) is 98.2. The van der Waals surface area contributed by atoms with Crippen molar-refractivity contribution >= 4 is 201 Å². The molecule has 11 N–H and O–H groups in total. The molecule has 0 bridgehead atoms. The third-order valence-corrected chi connectivity index (χ3v) is 28.4. The van der Waals surface area contributed by atoms with Gasteiger partial charge in [0.2, 0.25) is 0 Å². The lowest BCUT2D eigenvalue weighted by atomic mass is 10.1. The number of nitrogen functional groups attached to an aromatic ring is 3. The number of pyridine rings is 8. The van der Waals surface area contributed by atoms with E-state index in [0.29, 0.717) is 72.2 Å². The normalized spacial score (nSPS) is 11.6. The number of rotatable bonds is 16. The van der Waals surface area contributed by atoms with Crippen LogP contribution in [0.3, 0.4) is 0 Å². The molecule has 0 amide bonds. The average molecular weight is 2020 g/mol. The van der Waals surface area contributed by atoms with Crippen molar-refractivity contribution in [3.63, 3.8) is 0 Å². The smallest absolute Gasteiger partial charge is 0.139 e. The number of hydrogen-bond donors (Lipinski definition) is 7. The highest BCUT2D eigenvalue weighted by atomic mass is 35.5. The number of hydrogen-bond acceptors (Lipinski definition) is 20. The van der Waals surface area contributed by atoms with Gasteiger partial charge in [0, 0.05) is 228 Å². The highest BCUT2D eigenvalue weighted by Gasteiger charge is 2.19. The molecule has 148 heavy (non-hydrogen) atoms. The van der Waals surface area contributed by atoms with Gasteiger partial charge in [0.15, 0.2) is 0 Å². The summed E-state index contributed by atoms with van der Waals surface area (Å²) in [5.41, 5.74) is 50.9. The topological polar surface area (TPSA) is 360 Å². The lowest BCUT2D eigenvalue weighted by Gasteiger charge is -2.09. The highest BCUT2D eigenvalue weighted by Crippen LogP contribution is 2.34. The van der Waals surface area contributed by atoms with Crippen LogP contribution in [-0.2, 0) is 94.2 Å². The fourth-order valence-electron chi connectivity index (χ4n) is 19.0. The largest absolute Gasteiger partial charge is 0.392 e. The van der Waals surface area contributed by atoms with Gasteiger partial charge in [-0.3, -0.25) is 23.7 Å². The number of aliphatic hydroxyl groups excluding tert-OH is 1. The van der Waals surface area contributed by atoms with E-state index in [9.17, 15) is 0 Å². The maximum absolute atomic E-state index is 8.97. The first-order valence-corrected chi connectivity index (χ1v) is 49.5. The number of aliphatic imine (C=N–C) groups is 1. The fourth-order valence-corrected chi connectivity index (χ4v) is 19.6. The maximum Gasteiger partial charge on any atom is 0.139 e. The van der Waals surface area contributed by atoms with Crippen LogP contribution in [0.5, 0.6) is 0 Å². The van der Waals surface area contributed by atoms with Crippen LogP contribution >= 0.6 is 34.8 Å². The number of halogens is 3. The van der Waals surface area contributed by atoms with Crippen LogP contribution in [0.2, 0.25) is 15.5 Å². The first-order chi connectivity index (χ1) is 71.8. The zero-order valence-electron chi connectivity index (χ0n) is 83.5. The summed E-state index contributed by atoms with van der Waals surface area (Å²) < 4.78 is 18.9. The van der Waals surface area contributed by atoms with E-state index in [1.807, 2.05) is 134 Å². The lowest BCUT2D eigenvalue weighted by Crippen LogP contribution is -2.03. The second-order valence-electron chi connectivity index (χ2n) is 37.2. The molecule has 740 valence electrons. The molecule has 17 aromatic heterocycles. The predicted molar refractivity (Wildman–Crippen MR) is 602 cm³/mol. The van der Waals surface area contributed by atoms with Crippen LogP contribution in [0.1, 0.15) is 84.1 Å². The Morgan fingerprint density at radius 3 is 1.09 bits per heavy atom. The molecule has 8 aromatic carbocycles. The molecule has 25 aromatic rings. The Hall–Kier alpha value is -17.2. The molecule has 18 heterocycles. The van der Waals surface area contributed by atoms with Gasteiger partial charge in [-0.2, -0.15) is 20.4 Å². The molecule has 0 spiro atoms. The third-order valence-electron chi connectivity index (χ3n) is 27.5. The average Bonchev–Trinajstić information content (AvgIpc) is 1.63. The van der Waals surface area contributed by atoms with E-state index in [-0.39, 0.29) is 6.61 Å². The number of nitrogens with one attached hydrogen (secondary N) is 2. The summed E-state index contributed by atoms with van der Waals surface area (Å²) in [6.45, 7) is 16.2. The molecule has 29 nitrogen and oxygen atoms in total. The molecule has 0 aliphatic carbocycles. The van der Waals surface area contributed by atoms with Crippen LogP contribution in [-0.4, -0.2) is 113 Å². The Morgan fingerprint density at radius 1 is 0.318 bits per heavy atom. The summed E-state index contributed by atoms with van der Waals surface area (Å²) >= 11 is 18.0. The van der Waals surface area contributed by atoms with E-state index < -0.39 is 0 Å². The molecule has 26 rings (SSSR count). The van der Waals surface area contributed by atoms with Crippen LogP contribution in [0, 0.1) is 34.6 Å². The number of aliphatic hydroxyl groups is 1. The summed E-state index contributed by atoms with van der Waals surface area (Å²) in [7, 11) is 10.4. The van der Waals surface area contributed by atoms with Crippen LogP contribution in [0.15, 0.2) is 304 Å². The molecular formula is C116H109Cl3N28O. The molecule has 32 heteroatoms. The molecule has 0 unspecified atom stereocenters. The van der Waals surface area contributed by atoms with Gasteiger partial charge in [-0.1, -0.05) is 102 Å². The summed E-state index contributed by atoms with van der Waals surface area (Å²) in [4.78, 5) is 37.6. The SMILES string of the molecule is Cc1cc2cc(CO)ccc2n1C.Cc1cc2cc(Cn3cc4c(Cl)nccc4n3)ccc2n1C.Cc1cc2cc(Cn3cc4c(NCc5ccc6c(N)nccc6c5)nccc4n3)ccc2n1C.Cc1cc2cc(Cn3ncc4c(Cl)nccc43)ccc2n1C.Cc1cc2cc(Cn3ncc4c(NCc5ccc6c(N)nccc6c5)nccc43)ccc2n1C.Clc1nccc2c1C=NC2.NCc1ccc2c(N)nccc2c1. The zero-order chi connectivity index (χ0) is 103. The molecule has 0 saturated heterocycles. The van der Waals surface area contributed by atoms with E-state index in [0.717, 1.165) is 128 Å². The maximum atomic E-state index is 8.97. The molecular weight excluding hydrogens is 1910 g/mol. The second kappa shape index (κ2) is 42.6. The highest BCUT2D eigenvalue weighted by molar-refractivity contribution is 6.34. The molecule has 1 aliphatic rings. The van der Waals surface area contributed by atoms with Crippen LogP contribution in [0.4, 0.5) is 29.1 Å². The summed E-state index contributed by atoms with van der Waals surface area (Å²) in [6, 6.07) is 77.3. The summed E-state index contributed by atoms with van der Waals surface area (Å²) in [5, 5.41) is 52.1. The van der Waals surface area contributed by atoms with E-state index in [1.54, 1.807) is 55.8 Å². The van der Waals surface area contributed by atoms with Gasteiger partial charge in [0.05, 0.1) is 95.3 Å². The van der Waals surface area contributed by atoms with Crippen molar-refractivity contribution in [3.8, 4) is 0 Å². The van der Waals surface area contributed by atoms with Crippen molar-refractivity contribution in [2.24, 2.45) is 46.0 Å². The Balaban J connectivity index is 0.000000109. The number of benzene rings is 8. The number of anilines is 5. The van der Waals surface area contributed by atoms with E-state index in [2.05, 4.69) is 297 Å². The van der Waals surface area contributed by atoms with Crippen molar-refractivity contribution in [1.29, 1.82) is 0 Å². The molecule has 0 atom stereocenters. The number of nitrogens with two attached hydrogens (primary N) is 4. The van der Waals surface area contributed by atoms with Gasteiger partial charge in [0.25, 0.3) is 0 Å². The van der Waals surface area contributed by atoms with Gasteiger partial charge < -0.3 is 61.5 Å². The minimum Gasteiger partial charge on any atom is -0.392 e. The fraction of sp³-hybridized carbons (Fsp3) is 0.164. The Kier molecular flexibility index (Phi) is 28.3. The van der Waals surface area contributed by atoms with Gasteiger partial charge in [-0.05, 0) is 259 Å². The van der Waals surface area contributed by atoms with Crippen molar-refractivity contribution in [3.05, 3.63) is 398 Å². The predicted octanol–water partition coefficient (Wildman–Crippen LogP) is 22.8. The summed E-state index contributed by atoms with van der Waals surface area (Å²) in [5.74, 6) is 3.33. The van der Waals surface area contributed by atoms with Crippen molar-refractivity contribution in [2.45, 2.75) is 93.6 Å². The minimum absolute atomic E-state index is 0.115. The van der Waals surface area contributed by atoms with E-state index >= 15 is 0 Å². The van der Waals surface area contributed by atoms with Gasteiger partial charge in [0.1, 0.15) is 44.5 Å². The van der Waals surface area contributed by atoms with E-state index in [4.69, 9.17) is 67.9 Å². The monoisotopic (exact) mass is 2010 g/mol. The van der Waals surface area contributed by atoms with E-state index in [1.165, 1.54) is 111 Å². The second-order valence-corrected chi connectivity index (χ2v) is 38.2. The van der Waals surface area contributed by atoms with Crippen molar-refractivity contribution in [1.82, 2.24) is 102 Å². The number of nitrogens with zero attached hydrogens (tertiary/aromatic N) is 22. The number of aromatic nitrogens is 21. The van der Waals surface area contributed by atoms with Crippen LogP contribution < -0.4 is 33.6 Å². The van der Waals surface area contributed by atoms with Gasteiger partial charge in [-0.15, -0.1) is 0 Å². The number of aryl methyl sites for hydroxylation is 10. The van der Waals surface area contributed by atoms with Gasteiger partial charge >= 0.3 is 0 Å². The van der Waals surface area contributed by atoms with Crippen LogP contribution in [0.25, 0.3) is 130 Å². The minimum atomic E-state index is 0.115. The Morgan fingerprint density at radius 2 is 0.655 bits per heavy atom. The molecule has 0 fully saturated rings. The zero-order valence-corrected chi connectivity index (χ0v) is 85.7. The van der Waals surface area contributed by atoms with Crippen molar-refractivity contribution in [2.75, 3.05) is 27.8 Å². The standard InChI is InChI=1S/2C27H25N7.2C17H15ClN4.C11H13NO.C10H11N3.C7H5ClN2/c1-17-11-21-13-19(4-6-24(21)33(17)2)16-34-25-8-10-30-27(23(25)15-32-34)31-14-18-3-5-22-20(12-18)7-9-29-26(22)28;1-17-11-21-13-19(4-6-25(21)33(17)2)15-34-16-23-24(32-34)8-10-30-27(23)31-14-18-3-5-22-20(12-18)7-9-29-26(22)28;1-11-7-13-8-12(3-4-15(13)21(11)2)10-22-16-5-6-19-17(18)14(16)9-20-22;1-11-7-13-8-12(3-4-16(13)21(11)2)9-22-10-14-15(20-22)5-6-19-17(14)18;1-8-5-10-6-9(7-13)3-4-11(10)12(8)2;11-6-7-1-2-9-8(5-7)3-4-13-10(9)12;8-7-6-4-9-3-5(6)1-2-10-7/h3-13,15H,14,16H2,1-2H3,(H2,28,29)(H,30,31);3-13,16H,14-15H2,1-2H3,(H2,28,29)(H,30,31);3-9H,10H2,1-2H3;3-8,10H,9H2,1-2H3;3-6,13H,7H2,1-2H3;1-5H,6,11H2,(H2,12,13);1-2,4H,3H2. The Bertz CT molecular complexity index is 9220. The summed E-state index contributed by atoms with van der Waals surface area (Å²) in [6.07, 6.45) is 23.4. The number of fused-ring (bicyclic) bond motifs is 13. The molecule has 0 radical (unpaired) electrons. The first-order valence-electron chi connectivity index (χ1n) is 48.4. The van der Waals surface area contributed by atoms with Gasteiger partial charge in [-0.25, -0.2) is 39.9 Å². The molecule has 1 aliphatic heterocycles. The third kappa shape index (κ3) is 21.0. The Labute approximate surface area is 867 Å². The quantitative estimate of drug-likeness (QED) is 0.0442. The lowest BCUT2D eigenvalue weighted by molar-refractivity contribution is 0.282.